The van der Waals surface area contributed by atoms with Crippen molar-refractivity contribution in [1.82, 2.24) is 5.32 Å². The van der Waals surface area contributed by atoms with Crippen LogP contribution < -0.4 is 14.8 Å². The van der Waals surface area contributed by atoms with Crippen LogP contribution in [0.1, 0.15) is 49.1 Å². The van der Waals surface area contributed by atoms with Gasteiger partial charge in [-0.2, -0.15) is 0 Å². The van der Waals surface area contributed by atoms with Gasteiger partial charge in [-0.05, 0) is 73.6 Å². The maximum absolute atomic E-state index is 12.4. The molecule has 0 spiro atoms. The van der Waals surface area contributed by atoms with Crippen LogP contribution in [0.5, 0.6) is 11.5 Å². The molecule has 0 aromatic heterocycles. The summed E-state index contributed by atoms with van der Waals surface area (Å²) in [5.41, 5.74) is 2.84. The highest BCUT2D eigenvalue weighted by Gasteiger charge is 2.26. The maximum Gasteiger partial charge on any atom is 0.247 e. The molecule has 152 valence electrons. The van der Waals surface area contributed by atoms with Crippen LogP contribution in [0, 0.1) is 0 Å². The number of benzene rings is 2. The SMILES string of the molecule is COc1ccc([C@H]2CNC(=O)C(=Cc3cccc(Cl)c3)C2)cc1OC1CCCC1. The molecule has 2 aromatic rings. The number of ether oxygens (including phenoxy) is 2. The van der Waals surface area contributed by atoms with Crippen LogP contribution in [0.2, 0.25) is 5.02 Å². The van der Waals surface area contributed by atoms with E-state index in [1.807, 2.05) is 36.4 Å². The first-order chi connectivity index (χ1) is 14.1. The Kier molecular flexibility index (Phi) is 6.10. The summed E-state index contributed by atoms with van der Waals surface area (Å²) < 4.78 is 11.8. The van der Waals surface area contributed by atoms with Gasteiger partial charge in [-0.25, -0.2) is 0 Å². The molecule has 1 amide bonds. The molecule has 1 atom stereocenters. The largest absolute Gasteiger partial charge is 0.493 e. The Bertz CT molecular complexity index is 918. The van der Waals surface area contributed by atoms with Gasteiger partial charge in [-0.15, -0.1) is 0 Å². The number of hydrogen-bond donors (Lipinski definition) is 1. The highest BCUT2D eigenvalue weighted by molar-refractivity contribution is 6.30. The van der Waals surface area contributed by atoms with Crippen molar-refractivity contribution in [2.75, 3.05) is 13.7 Å². The summed E-state index contributed by atoms with van der Waals surface area (Å²) in [4.78, 5) is 12.4. The number of carbonyl (C=O) groups is 1. The van der Waals surface area contributed by atoms with E-state index in [9.17, 15) is 4.79 Å². The van der Waals surface area contributed by atoms with E-state index in [2.05, 4.69) is 17.4 Å². The fraction of sp³-hybridized carbons (Fsp3) is 0.375. The summed E-state index contributed by atoms with van der Waals surface area (Å²) >= 11 is 6.08. The summed E-state index contributed by atoms with van der Waals surface area (Å²) in [6, 6.07) is 13.7. The van der Waals surface area contributed by atoms with Crippen molar-refractivity contribution in [3.05, 3.63) is 64.2 Å². The van der Waals surface area contributed by atoms with Crippen molar-refractivity contribution >= 4 is 23.6 Å². The number of rotatable bonds is 5. The monoisotopic (exact) mass is 411 g/mol. The van der Waals surface area contributed by atoms with Crippen molar-refractivity contribution < 1.29 is 14.3 Å². The van der Waals surface area contributed by atoms with Crippen LogP contribution in [-0.2, 0) is 4.79 Å². The lowest BCUT2D eigenvalue weighted by atomic mass is 9.87. The molecule has 2 fully saturated rings. The summed E-state index contributed by atoms with van der Waals surface area (Å²) in [6.07, 6.45) is 7.50. The van der Waals surface area contributed by atoms with E-state index in [1.165, 1.54) is 12.8 Å². The molecule has 0 radical (unpaired) electrons. The van der Waals surface area contributed by atoms with Gasteiger partial charge in [-0.3, -0.25) is 4.79 Å². The van der Waals surface area contributed by atoms with Crippen molar-refractivity contribution in [3.63, 3.8) is 0 Å². The molecule has 5 heteroatoms. The van der Waals surface area contributed by atoms with Gasteiger partial charge in [0.25, 0.3) is 0 Å². The van der Waals surface area contributed by atoms with Gasteiger partial charge in [0.15, 0.2) is 11.5 Å². The second kappa shape index (κ2) is 8.91. The van der Waals surface area contributed by atoms with Gasteiger partial charge >= 0.3 is 0 Å². The fourth-order valence-corrected chi connectivity index (χ4v) is 4.34. The van der Waals surface area contributed by atoms with E-state index in [0.29, 0.717) is 18.0 Å². The molecule has 0 unspecified atom stereocenters. The average Bonchev–Trinajstić information content (AvgIpc) is 3.23. The molecule has 4 nitrogen and oxygen atoms in total. The minimum absolute atomic E-state index is 0.0165. The molecule has 0 bridgehead atoms. The minimum atomic E-state index is -0.0165. The smallest absolute Gasteiger partial charge is 0.247 e. The molecule has 1 saturated carbocycles. The zero-order valence-electron chi connectivity index (χ0n) is 16.6. The molecule has 1 aliphatic heterocycles. The standard InChI is InChI=1S/C24H26ClNO3/c1-28-22-10-9-17(14-23(22)29-21-7-2-3-8-21)19-13-18(24(27)26-15-19)11-16-5-4-6-20(25)12-16/h4-6,9-12,14,19,21H,2-3,7-8,13,15H2,1H3,(H,26,27)/t19-/m1/s1. The fourth-order valence-electron chi connectivity index (χ4n) is 4.14. The van der Waals surface area contributed by atoms with E-state index in [1.54, 1.807) is 7.11 Å². The van der Waals surface area contributed by atoms with Crippen LogP contribution in [0.4, 0.5) is 0 Å². The first-order valence-corrected chi connectivity index (χ1v) is 10.6. The van der Waals surface area contributed by atoms with Gasteiger partial charge in [-0.1, -0.05) is 29.8 Å². The Morgan fingerprint density at radius 3 is 2.69 bits per heavy atom. The van der Waals surface area contributed by atoms with E-state index in [-0.39, 0.29) is 17.9 Å². The molecule has 1 N–H and O–H groups in total. The average molecular weight is 412 g/mol. The van der Waals surface area contributed by atoms with Gasteiger partial charge in [0.05, 0.1) is 13.2 Å². The van der Waals surface area contributed by atoms with Crippen LogP contribution in [0.25, 0.3) is 6.08 Å². The summed E-state index contributed by atoms with van der Waals surface area (Å²) in [6.45, 7) is 0.612. The van der Waals surface area contributed by atoms with Gasteiger partial charge in [0, 0.05) is 23.1 Å². The third kappa shape index (κ3) is 4.76. The highest BCUT2D eigenvalue weighted by Crippen LogP contribution is 2.36. The predicted octanol–water partition coefficient (Wildman–Crippen LogP) is 5.36. The number of carbonyl (C=O) groups excluding carboxylic acids is 1. The molecule has 1 saturated heterocycles. The third-order valence-electron chi connectivity index (χ3n) is 5.71. The number of methoxy groups -OCH3 is 1. The van der Waals surface area contributed by atoms with Gasteiger partial charge < -0.3 is 14.8 Å². The summed E-state index contributed by atoms with van der Waals surface area (Å²) in [5.74, 6) is 1.73. The van der Waals surface area contributed by atoms with Crippen molar-refractivity contribution in [1.29, 1.82) is 0 Å². The Morgan fingerprint density at radius 2 is 1.93 bits per heavy atom. The quantitative estimate of drug-likeness (QED) is 0.674. The van der Waals surface area contributed by atoms with E-state index >= 15 is 0 Å². The lowest BCUT2D eigenvalue weighted by Gasteiger charge is -2.26. The second-order valence-corrected chi connectivity index (χ2v) is 8.21. The number of nitrogens with one attached hydrogen (secondary N) is 1. The zero-order chi connectivity index (χ0) is 20.2. The zero-order valence-corrected chi connectivity index (χ0v) is 17.4. The van der Waals surface area contributed by atoms with Crippen molar-refractivity contribution in [2.24, 2.45) is 0 Å². The Labute approximate surface area is 176 Å². The summed E-state index contributed by atoms with van der Waals surface area (Å²) in [7, 11) is 1.67. The molecule has 2 aliphatic rings. The third-order valence-corrected chi connectivity index (χ3v) is 5.95. The summed E-state index contributed by atoms with van der Waals surface area (Å²) in [5, 5.41) is 3.69. The minimum Gasteiger partial charge on any atom is -0.493 e. The molecule has 1 heterocycles. The molecule has 4 rings (SSSR count). The number of halogens is 1. The van der Waals surface area contributed by atoms with Crippen LogP contribution in [0.15, 0.2) is 48.0 Å². The second-order valence-electron chi connectivity index (χ2n) is 7.77. The predicted molar refractivity (Wildman–Crippen MR) is 116 cm³/mol. The Hall–Kier alpha value is -2.46. The molecule has 2 aromatic carbocycles. The lowest BCUT2D eigenvalue weighted by molar-refractivity contribution is -0.118. The van der Waals surface area contributed by atoms with Crippen molar-refractivity contribution in [2.45, 2.75) is 44.1 Å². The molecular formula is C24H26ClNO3. The molecular weight excluding hydrogens is 386 g/mol. The van der Waals surface area contributed by atoms with Crippen LogP contribution in [-0.4, -0.2) is 25.7 Å². The van der Waals surface area contributed by atoms with E-state index < -0.39 is 0 Å². The first-order valence-electron chi connectivity index (χ1n) is 10.2. The Balaban J connectivity index is 1.56. The number of hydrogen-bond acceptors (Lipinski definition) is 3. The lowest BCUT2D eigenvalue weighted by Crippen LogP contribution is -2.35. The van der Waals surface area contributed by atoms with Crippen LogP contribution in [0.3, 0.4) is 0 Å². The topological polar surface area (TPSA) is 47.6 Å². The van der Waals surface area contributed by atoms with E-state index in [4.69, 9.17) is 21.1 Å². The van der Waals surface area contributed by atoms with E-state index in [0.717, 1.165) is 41.0 Å². The first kappa shape index (κ1) is 19.8. The van der Waals surface area contributed by atoms with Crippen LogP contribution >= 0.6 is 11.6 Å². The van der Waals surface area contributed by atoms with Gasteiger partial charge in [0.2, 0.25) is 5.91 Å². The number of amides is 1. The van der Waals surface area contributed by atoms with Gasteiger partial charge in [0.1, 0.15) is 0 Å². The van der Waals surface area contributed by atoms with Crippen molar-refractivity contribution in [3.8, 4) is 11.5 Å². The maximum atomic E-state index is 12.4. The Morgan fingerprint density at radius 1 is 1.10 bits per heavy atom. The highest BCUT2D eigenvalue weighted by atomic mass is 35.5. The molecule has 29 heavy (non-hydrogen) atoms. The molecule has 1 aliphatic carbocycles. The number of piperidine rings is 1. The normalized spacial score (nSPS) is 21.2.